The molecule has 2 aliphatic rings. The van der Waals surface area contributed by atoms with E-state index in [1.54, 1.807) is 0 Å². The maximum absolute atomic E-state index is 12.4. The molecule has 0 aromatic carbocycles. The molecule has 2 aliphatic heterocycles. The van der Waals surface area contributed by atoms with Gasteiger partial charge in [0.05, 0.1) is 0 Å². The topological polar surface area (TPSA) is 32.3 Å². The van der Waals surface area contributed by atoms with Crippen LogP contribution in [0.5, 0.6) is 0 Å². The zero-order valence-corrected chi connectivity index (χ0v) is 12.3. The summed E-state index contributed by atoms with van der Waals surface area (Å²) in [7, 11) is 0. The van der Waals surface area contributed by atoms with E-state index >= 15 is 0 Å². The van der Waals surface area contributed by atoms with Crippen molar-refractivity contribution in [3.63, 3.8) is 0 Å². The second-order valence-corrected chi connectivity index (χ2v) is 6.61. The van der Waals surface area contributed by atoms with Gasteiger partial charge in [0.1, 0.15) is 0 Å². The lowest BCUT2D eigenvalue weighted by Crippen LogP contribution is -2.47. The molecule has 0 aromatic heterocycles. The molecule has 2 saturated heterocycles. The van der Waals surface area contributed by atoms with Crippen LogP contribution in [0.1, 0.15) is 45.4 Å². The second kappa shape index (κ2) is 7.39. The zero-order valence-electron chi connectivity index (χ0n) is 11.5. The van der Waals surface area contributed by atoms with E-state index in [0.29, 0.717) is 24.4 Å². The molecule has 3 nitrogen and oxygen atoms in total. The van der Waals surface area contributed by atoms with Gasteiger partial charge >= 0.3 is 0 Å². The van der Waals surface area contributed by atoms with Gasteiger partial charge in [-0.15, -0.1) is 0 Å². The van der Waals surface area contributed by atoms with Crippen LogP contribution in [0.25, 0.3) is 0 Å². The van der Waals surface area contributed by atoms with Gasteiger partial charge < -0.3 is 10.2 Å². The number of nitrogens with zero attached hydrogens (tertiary/aromatic N) is 1. The number of rotatable bonds is 4. The molecule has 0 radical (unpaired) electrons. The van der Waals surface area contributed by atoms with E-state index in [2.05, 4.69) is 17.1 Å². The Kier molecular flexibility index (Phi) is 5.83. The molecule has 0 bridgehead atoms. The van der Waals surface area contributed by atoms with Crippen LogP contribution >= 0.6 is 11.8 Å². The maximum Gasteiger partial charge on any atom is 0.224 e. The molecule has 0 aliphatic carbocycles. The molecular weight excluding hydrogens is 244 g/mol. The Hall–Kier alpha value is -0.220. The first-order valence-electron chi connectivity index (χ1n) is 7.42. The average Bonchev–Trinajstić information content (AvgIpc) is 2.41. The van der Waals surface area contributed by atoms with E-state index in [0.717, 1.165) is 18.8 Å². The van der Waals surface area contributed by atoms with E-state index in [4.69, 9.17) is 0 Å². The van der Waals surface area contributed by atoms with Crippen molar-refractivity contribution in [2.75, 3.05) is 24.6 Å². The minimum Gasteiger partial charge on any atom is -0.340 e. The van der Waals surface area contributed by atoms with Crippen LogP contribution in [-0.4, -0.2) is 47.5 Å². The summed E-state index contributed by atoms with van der Waals surface area (Å²) < 4.78 is 0. The number of hydrogen-bond acceptors (Lipinski definition) is 3. The smallest absolute Gasteiger partial charge is 0.224 e. The minimum atomic E-state index is 0.383. The third-order valence-corrected chi connectivity index (χ3v) is 5.12. The predicted molar refractivity (Wildman–Crippen MR) is 78.0 cm³/mol. The number of hydrogen-bond donors (Lipinski definition) is 1. The van der Waals surface area contributed by atoms with Crippen LogP contribution in [0.15, 0.2) is 0 Å². The van der Waals surface area contributed by atoms with E-state index < -0.39 is 0 Å². The van der Waals surface area contributed by atoms with E-state index in [-0.39, 0.29) is 0 Å². The van der Waals surface area contributed by atoms with E-state index in [1.807, 2.05) is 11.8 Å². The highest BCUT2D eigenvalue weighted by atomic mass is 32.2. The predicted octanol–water partition coefficient (Wildman–Crippen LogP) is 2.26. The molecule has 1 N–H and O–H groups in total. The molecule has 4 heteroatoms. The van der Waals surface area contributed by atoms with Gasteiger partial charge in [0.2, 0.25) is 5.91 Å². The average molecular weight is 270 g/mol. The van der Waals surface area contributed by atoms with Crippen molar-refractivity contribution in [3.05, 3.63) is 0 Å². The summed E-state index contributed by atoms with van der Waals surface area (Å²) in [6.45, 7) is 4.26. The molecule has 0 aromatic rings. The normalized spacial score (nSPS) is 29.3. The van der Waals surface area contributed by atoms with Gasteiger partial charge in [-0.3, -0.25) is 4.79 Å². The van der Waals surface area contributed by atoms with Gasteiger partial charge in [0, 0.05) is 43.1 Å². The van der Waals surface area contributed by atoms with Gasteiger partial charge in [0.15, 0.2) is 0 Å². The first-order valence-corrected chi connectivity index (χ1v) is 8.57. The highest BCUT2D eigenvalue weighted by Gasteiger charge is 2.27. The quantitative estimate of drug-likeness (QED) is 0.850. The van der Waals surface area contributed by atoms with Gasteiger partial charge in [-0.05, 0) is 25.7 Å². The monoisotopic (exact) mass is 270 g/mol. The highest BCUT2D eigenvalue weighted by molar-refractivity contribution is 7.99. The molecule has 104 valence electrons. The van der Waals surface area contributed by atoms with Crippen molar-refractivity contribution < 1.29 is 4.79 Å². The van der Waals surface area contributed by atoms with Crippen molar-refractivity contribution in [2.24, 2.45) is 0 Å². The number of nitrogens with one attached hydrogen (secondary N) is 1. The summed E-state index contributed by atoms with van der Waals surface area (Å²) in [4.78, 5) is 14.6. The summed E-state index contributed by atoms with van der Waals surface area (Å²) >= 11 is 1.97. The summed E-state index contributed by atoms with van der Waals surface area (Å²) in [5.74, 6) is 2.67. The van der Waals surface area contributed by atoms with Gasteiger partial charge in [-0.1, -0.05) is 13.3 Å². The molecule has 2 atom stereocenters. The minimum absolute atomic E-state index is 0.383. The van der Waals surface area contributed by atoms with Gasteiger partial charge in [-0.25, -0.2) is 0 Å². The van der Waals surface area contributed by atoms with Crippen LogP contribution in [0.3, 0.4) is 0 Å². The van der Waals surface area contributed by atoms with Crippen LogP contribution in [0, 0.1) is 0 Å². The molecule has 0 saturated carbocycles. The van der Waals surface area contributed by atoms with Crippen molar-refractivity contribution in [2.45, 2.75) is 57.5 Å². The standard InChI is InChI=1S/C14H26N2OS/c1-2-5-13-6-3-4-8-16(13)14(17)10-12-11-18-9-7-15-12/h12-13,15H,2-11H2,1H3. The number of carbonyl (C=O) groups is 1. The van der Waals surface area contributed by atoms with Crippen molar-refractivity contribution in [1.82, 2.24) is 10.2 Å². The van der Waals surface area contributed by atoms with E-state index in [9.17, 15) is 4.79 Å². The largest absolute Gasteiger partial charge is 0.340 e. The second-order valence-electron chi connectivity index (χ2n) is 5.46. The third kappa shape index (κ3) is 3.89. The molecule has 2 rings (SSSR count). The Morgan fingerprint density at radius 3 is 3.06 bits per heavy atom. The summed E-state index contributed by atoms with van der Waals surface area (Å²) in [5.41, 5.74) is 0. The molecule has 2 unspecified atom stereocenters. The third-order valence-electron chi connectivity index (χ3n) is 3.99. The first kappa shape index (κ1) is 14.2. The molecular formula is C14H26N2OS. The molecule has 2 heterocycles. The Morgan fingerprint density at radius 2 is 2.33 bits per heavy atom. The van der Waals surface area contributed by atoms with Crippen LogP contribution in [0.2, 0.25) is 0 Å². The summed E-state index contributed by atoms with van der Waals surface area (Å²) in [6, 6.07) is 0.924. The number of piperidine rings is 1. The van der Waals surface area contributed by atoms with Gasteiger partial charge in [-0.2, -0.15) is 11.8 Å². The van der Waals surface area contributed by atoms with Crippen LogP contribution < -0.4 is 5.32 Å². The molecule has 18 heavy (non-hydrogen) atoms. The highest BCUT2D eigenvalue weighted by Crippen LogP contribution is 2.22. The lowest BCUT2D eigenvalue weighted by atomic mass is 9.97. The zero-order chi connectivity index (χ0) is 12.8. The Bertz CT molecular complexity index is 265. The number of likely N-dealkylation sites (tertiary alicyclic amines) is 1. The fourth-order valence-corrected chi connectivity index (χ4v) is 3.99. The number of carbonyl (C=O) groups excluding carboxylic acids is 1. The fourth-order valence-electron chi connectivity index (χ4n) is 3.04. The number of amides is 1. The SMILES string of the molecule is CCCC1CCCCN1C(=O)CC1CSCCN1. The first-order chi connectivity index (χ1) is 8.81. The lowest BCUT2D eigenvalue weighted by Gasteiger charge is -2.37. The summed E-state index contributed by atoms with van der Waals surface area (Å²) in [5, 5.41) is 3.47. The summed E-state index contributed by atoms with van der Waals surface area (Å²) in [6.07, 6.45) is 6.77. The fraction of sp³-hybridized carbons (Fsp3) is 0.929. The number of thioether (sulfide) groups is 1. The van der Waals surface area contributed by atoms with Crippen LogP contribution in [0.4, 0.5) is 0 Å². The lowest BCUT2D eigenvalue weighted by molar-refractivity contribution is -0.135. The Morgan fingerprint density at radius 1 is 1.44 bits per heavy atom. The van der Waals surface area contributed by atoms with Crippen molar-refractivity contribution >= 4 is 17.7 Å². The Balaban J connectivity index is 1.84. The van der Waals surface area contributed by atoms with Crippen molar-refractivity contribution in [1.29, 1.82) is 0 Å². The molecule has 1 amide bonds. The van der Waals surface area contributed by atoms with Crippen molar-refractivity contribution in [3.8, 4) is 0 Å². The van der Waals surface area contributed by atoms with Gasteiger partial charge in [0.25, 0.3) is 0 Å². The van der Waals surface area contributed by atoms with Crippen LogP contribution in [-0.2, 0) is 4.79 Å². The Labute approximate surface area is 115 Å². The molecule has 2 fully saturated rings. The molecule has 0 spiro atoms. The van der Waals surface area contributed by atoms with E-state index in [1.165, 1.54) is 37.9 Å². The maximum atomic E-state index is 12.4.